The molecule has 1 atom stereocenters. The maximum absolute atomic E-state index is 12.2. The Hall–Kier alpha value is -2.34. The molecule has 1 unspecified atom stereocenters. The lowest BCUT2D eigenvalue weighted by Crippen LogP contribution is -2.30. The van der Waals surface area contributed by atoms with Gasteiger partial charge in [-0.2, -0.15) is 0 Å². The summed E-state index contributed by atoms with van der Waals surface area (Å²) >= 11 is 3.42. The van der Waals surface area contributed by atoms with Crippen LogP contribution in [0.4, 0.5) is 5.69 Å². The zero-order valence-electron chi connectivity index (χ0n) is 13.5. The van der Waals surface area contributed by atoms with Gasteiger partial charge in [0.2, 0.25) is 5.91 Å². The number of carbonyl (C=O) groups is 2. The Morgan fingerprint density at radius 3 is 2.46 bits per heavy atom. The van der Waals surface area contributed by atoms with Crippen molar-refractivity contribution >= 4 is 33.4 Å². The van der Waals surface area contributed by atoms with E-state index in [-0.39, 0.29) is 12.3 Å². The van der Waals surface area contributed by atoms with Crippen molar-refractivity contribution in [3.05, 3.63) is 58.1 Å². The first-order chi connectivity index (χ1) is 11.3. The normalized spacial score (nSPS) is 11.6. The Bertz CT molecular complexity index is 744. The van der Waals surface area contributed by atoms with Gasteiger partial charge >= 0.3 is 0 Å². The Kier molecular flexibility index (Phi) is 5.98. The van der Waals surface area contributed by atoms with E-state index < -0.39 is 12.0 Å². The van der Waals surface area contributed by atoms with Crippen LogP contribution in [0.3, 0.4) is 0 Å². The summed E-state index contributed by atoms with van der Waals surface area (Å²) in [6.07, 6.45) is -0.482. The number of carbonyl (C=O) groups excluding carboxylic acids is 2. The molecule has 0 bridgehead atoms. The molecule has 0 heterocycles. The molecule has 0 saturated carbocycles. The van der Waals surface area contributed by atoms with Gasteiger partial charge in [-0.15, -0.1) is 0 Å². The second-order valence-corrected chi connectivity index (χ2v) is 6.38. The number of rotatable bonds is 6. The van der Waals surface area contributed by atoms with Crippen molar-refractivity contribution in [1.82, 2.24) is 0 Å². The molecule has 2 aromatic carbocycles. The number of hydrogen-bond donors (Lipinski definition) is 2. The molecule has 6 heteroatoms. The summed E-state index contributed by atoms with van der Waals surface area (Å²) in [4.78, 5) is 23.1. The SMILES string of the molecule is Cc1ccc(OC(C)C(=O)Nc2ccc(CC(N)=O)cc2)c(Br)c1. The molecule has 0 spiro atoms. The summed E-state index contributed by atoms with van der Waals surface area (Å²) in [7, 11) is 0. The van der Waals surface area contributed by atoms with Gasteiger partial charge < -0.3 is 15.8 Å². The van der Waals surface area contributed by atoms with Crippen LogP contribution in [0, 0.1) is 6.92 Å². The first-order valence-electron chi connectivity index (χ1n) is 7.46. The lowest BCUT2D eigenvalue weighted by Gasteiger charge is -2.16. The van der Waals surface area contributed by atoms with E-state index in [1.165, 1.54) is 0 Å². The van der Waals surface area contributed by atoms with Crippen LogP contribution in [0.25, 0.3) is 0 Å². The van der Waals surface area contributed by atoms with E-state index in [0.29, 0.717) is 11.4 Å². The van der Waals surface area contributed by atoms with Gasteiger partial charge in [-0.1, -0.05) is 18.2 Å². The fourth-order valence-electron chi connectivity index (χ4n) is 2.10. The van der Waals surface area contributed by atoms with Gasteiger partial charge in [-0.05, 0) is 65.2 Å². The fourth-order valence-corrected chi connectivity index (χ4v) is 2.68. The van der Waals surface area contributed by atoms with E-state index in [1.807, 2.05) is 25.1 Å². The van der Waals surface area contributed by atoms with Crippen LogP contribution in [0.2, 0.25) is 0 Å². The largest absolute Gasteiger partial charge is 0.480 e. The maximum Gasteiger partial charge on any atom is 0.265 e. The topological polar surface area (TPSA) is 81.4 Å². The number of nitrogens with two attached hydrogens (primary N) is 1. The van der Waals surface area contributed by atoms with Crippen molar-refractivity contribution in [1.29, 1.82) is 0 Å². The highest BCUT2D eigenvalue weighted by molar-refractivity contribution is 9.10. The molecule has 0 radical (unpaired) electrons. The summed E-state index contributed by atoms with van der Waals surface area (Å²) in [6.45, 7) is 3.66. The highest BCUT2D eigenvalue weighted by atomic mass is 79.9. The summed E-state index contributed by atoms with van der Waals surface area (Å²) in [6, 6.07) is 12.6. The van der Waals surface area contributed by atoms with Gasteiger partial charge in [0.1, 0.15) is 5.75 Å². The van der Waals surface area contributed by atoms with Crippen LogP contribution in [0.5, 0.6) is 5.75 Å². The Balaban J connectivity index is 1.97. The molecule has 0 aliphatic heterocycles. The van der Waals surface area contributed by atoms with Crippen molar-refractivity contribution in [2.75, 3.05) is 5.32 Å². The van der Waals surface area contributed by atoms with Gasteiger partial charge in [-0.3, -0.25) is 9.59 Å². The number of amides is 2. The molecule has 2 aromatic rings. The number of anilines is 1. The summed E-state index contributed by atoms with van der Waals surface area (Å²) in [5.41, 5.74) is 7.68. The van der Waals surface area contributed by atoms with Crippen LogP contribution in [-0.4, -0.2) is 17.9 Å². The highest BCUT2D eigenvalue weighted by Gasteiger charge is 2.16. The van der Waals surface area contributed by atoms with Crippen LogP contribution in [0.15, 0.2) is 46.9 Å². The smallest absolute Gasteiger partial charge is 0.265 e. The molecular weight excluding hydrogens is 372 g/mol. The predicted octanol–water partition coefficient (Wildman–Crippen LogP) is 3.19. The molecule has 126 valence electrons. The minimum Gasteiger partial charge on any atom is -0.480 e. The van der Waals surface area contributed by atoms with Crippen molar-refractivity contribution in [2.45, 2.75) is 26.4 Å². The Morgan fingerprint density at radius 2 is 1.88 bits per heavy atom. The third-order valence-electron chi connectivity index (χ3n) is 3.36. The van der Waals surface area contributed by atoms with E-state index >= 15 is 0 Å². The highest BCUT2D eigenvalue weighted by Crippen LogP contribution is 2.26. The van der Waals surface area contributed by atoms with Crippen molar-refractivity contribution < 1.29 is 14.3 Å². The lowest BCUT2D eigenvalue weighted by molar-refractivity contribution is -0.122. The number of hydrogen-bond acceptors (Lipinski definition) is 3. The molecule has 0 saturated heterocycles. The minimum absolute atomic E-state index is 0.176. The minimum atomic E-state index is -0.658. The molecule has 2 amide bonds. The van der Waals surface area contributed by atoms with E-state index in [4.69, 9.17) is 10.5 Å². The molecule has 0 aromatic heterocycles. The first-order valence-corrected chi connectivity index (χ1v) is 8.25. The van der Waals surface area contributed by atoms with Crippen LogP contribution in [0.1, 0.15) is 18.1 Å². The van der Waals surface area contributed by atoms with Crippen molar-refractivity contribution in [2.24, 2.45) is 5.73 Å². The van der Waals surface area contributed by atoms with Gasteiger partial charge in [0.15, 0.2) is 6.10 Å². The van der Waals surface area contributed by atoms with Crippen LogP contribution < -0.4 is 15.8 Å². The number of aryl methyl sites for hydroxylation is 1. The lowest BCUT2D eigenvalue weighted by atomic mass is 10.1. The van der Waals surface area contributed by atoms with Crippen molar-refractivity contribution in [3.63, 3.8) is 0 Å². The number of halogens is 1. The van der Waals surface area contributed by atoms with Gasteiger partial charge in [-0.25, -0.2) is 0 Å². The van der Waals surface area contributed by atoms with Gasteiger partial charge in [0.25, 0.3) is 5.91 Å². The van der Waals surface area contributed by atoms with Gasteiger partial charge in [0, 0.05) is 5.69 Å². The number of ether oxygens (including phenoxy) is 1. The first kappa shape index (κ1) is 18.0. The third-order valence-corrected chi connectivity index (χ3v) is 3.98. The average molecular weight is 391 g/mol. The summed E-state index contributed by atoms with van der Waals surface area (Å²) < 4.78 is 6.49. The zero-order valence-corrected chi connectivity index (χ0v) is 15.1. The molecule has 24 heavy (non-hydrogen) atoms. The second-order valence-electron chi connectivity index (χ2n) is 5.52. The fraction of sp³-hybridized carbons (Fsp3) is 0.222. The standard InChI is InChI=1S/C18H19BrN2O3/c1-11-3-8-16(15(19)9-11)24-12(2)18(23)21-14-6-4-13(5-7-14)10-17(20)22/h3-9,12H,10H2,1-2H3,(H2,20,22)(H,21,23). The number of nitrogens with one attached hydrogen (secondary N) is 1. The third kappa shape index (κ3) is 5.09. The Labute approximate surface area is 149 Å². The number of primary amides is 1. The molecule has 2 rings (SSSR count). The van der Waals surface area contributed by atoms with Crippen LogP contribution in [-0.2, 0) is 16.0 Å². The second kappa shape index (κ2) is 7.97. The van der Waals surface area contributed by atoms with E-state index in [0.717, 1.165) is 15.6 Å². The summed E-state index contributed by atoms with van der Waals surface area (Å²) in [5.74, 6) is -0.0392. The van der Waals surface area contributed by atoms with E-state index in [9.17, 15) is 9.59 Å². The molecule has 5 nitrogen and oxygen atoms in total. The monoisotopic (exact) mass is 390 g/mol. The van der Waals surface area contributed by atoms with E-state index in [1.54, 1.807) is 31.2 Å². The quantitative estimate of drug-likeness (QED) is 0.794. The maximum atomic E-state index is 12.2. The molecule has 0 aliphatic rings. The van der Waals surface area contributed by atoms with Gasteiger partial charge in [0.05, 0.1) is 10.9 Å². The Morgan fingerprint density at radius 1 is 1.21 bits per heavy atom. The molecular formula is C18H19BrN2O3. The zero-order chi connectivity index (χ0) is 17.7. The predicted molar refractivity (Wildman–Crippen MR) is 96.9 cm³/mol. The molecule has 3 N–H and O–H groups in total. The molecule has 0 fully saturated rings. The van der Waals surface area contributed by atoms with E-state index in [2.05, 4.69) is 21.2 Å². The average Bonchev–Trinajstić information content (AvgIpc) is 2.51. The summed E-state index contributed by atoms with van der Waals surface area (Å²) in [5, 5.41) is 2.78. The molecule has 0 aliphatic carbocycles. The van der Waals surface area contributed by atoms with Crippen molar-refractivity contribution in [3.8, 4) is 5.75 Å². The van der Waals surface area contributed by atoms with Crippen LogP contribution >= 0.6 is 15.9 Å². The number of benzene rings is 2.